The zero-order chi connectivity index (χ0) is 17.8. The molecule has 3 rings (SSSR count). The van der Waals surface area contributed by atoms with Gasteiger partial charge in [0.2, 0.25) is 5.91 Å². The summed E-state index contributed by atoms with van der Waals surface area (Å²) >= 11 is 3.17. The van der Waals surface area contributed by atoms with Crippen LogP contribution in [0.4, 0.5) is 4.39 Å². The Morgan fingerprint density at radius 2 is 2.16 bits per heavy atom. The van der Waals surface area contributed by atoms with E-state index < -0.39 is 0 Å². The van der Waals surface area contributed by atoms with Crippen LogP contribution in [0.25, 0.3) is 0 Å². The molecule has 1 aliphatic heterocycles. The Balaban J connectivity index is 1.57. The van der Waals surface area contributed by atoms with E-state index in [1.165, 1.54) is 11.6 Å². The van der Waals surface area contributed by atoms with E-state index >= 15 is 0 Å². The van der Waals surface area contributed by atoms with Crippen molar-refractivity contribution in [3.05, 3.63) is 64.1 Å². The summed E-state index contributed by atoms with van der Waals surface area (Å²) in [4.78, 5) is 21.1. The molecule has 0 saturated carbocycles. The van der Waals surface area contributed by atoms with Crippen molar-refractivity contribution in [1.29, 1.82) is 0 Å². The third kappa shape index (κ3) is 4.64. The van der Waals surface area contributed by atoms with Crippen LogP contribution in [0.5, 0.6) is 0 Å². The molecule has 1 saturated heterocycles. The molecule has 1 aliphatic rings. The number of piperazine rings is 1. The fourth-order valence-corrected chi connectivity index (χ4v) is 3.65. The molecule has 1 fully saturated rings. The predicted octanol–water partition coefficient (Wildman–Crippen LogP) is 3.26. The molecular weight excluding hydrogens is 385 g/mol. The number of hydrogen-bond donors (Lipinski definition) is 0. The highest BCUT2D eigenvalue weighted by atomic mass is 79.9. The van der Waals surface area contributed by atoms with Crippen LogP contribution in [0.3, 0.4) is 0 Å². The van der Waals surface area contributed by atoms with E-state index in [4.69, 9.17) is 0 Å². The van der Waals surface area contributed by atoms with Crippen molar-refractivity contribution < 1.29 is 9.18 Å². The molecule has 0 bridgehead atoms. The Labute approximate surface area is 155 Å². The summed E-state index contributed by atoms with van der Waals surface area (Å²) in [5, 5.41) is 0. The Bertz CT molecular complexity index is 741. The second-order valence-corrected chi connectivity index (χ2v) is 7.31. The van der Waals surface area contributed by atoms with Gasteiger partial charge in [-0.15, -0.1) is 0 Å². The van der Waals surface area contributed by atoms with Gasteiger partial charge in [-0.1, -0.05) is 12.1 Å². The third-order valence-electron chi connectivity index (χ3n) is 4.50. The first kappa shape index (κ1) is 18.0. The van der Waals surface area contributed by atoms with E-state index in [-0.39, 0.29) is 17.8 Å². The first-order valence-corrected chi connectivity index (χ1v) is 9.17. The van der Waals surface area contributed by atoms with Gasteiger partial charge < -0.3 is 4.90 Å². The number of carbonyl (C=O) groups is 1. The van der Waals surface area contributed by atoms with Gasteiger partial charge in [-0.05, 0) is 52.2 Å². The summed E-state index contributed by atoms with van der Waals surface area (Å²) in [6, 6.07) is 8.91. The minimum absolute atomic E-state index is 0.0898. The first-order valence-electron chi connectivity index (χ1n) is 8.37. The predicted molar refractivity (Wildman–Crippen MR) is 98.5 cm³/mol. The SMILES string of the molecule is C[C@H]1CN(Cc2cccnc2)CCN1C(=O)Cc1ccc(F)c(Br)c1. The van der Waals surface area contributed by atoms with Crippen LogP contribution in [-0.4, -0.2) is 46.4 Å². The third-order valence-corrected chi connectivity index (χ3v) is 5.11. The number of pyridine rings is 1. The van der Waals surface area contributed by atoms with E-state index in [1.807, 2.05) is 17.2 Å². The van der Waals surface area contributed by atoms with Crippen molar-refractivity contribution in [1.82, 2.24) is 14.8 Å². The lowest BCUT2D eigenvalue weighted by Gasteiger charge is -2.40. The van der Waals surface area contributed by atoms with Crippen molar-refractivity contribution >= 4 is 21.8 Å². The van der Waals surface area contributed by atoms with Gasteiger partial charge in [-0.25, -0.2) is 4.39 Å². The van der Waals surface area contributed by atoms with E-state index in [1.54, 1.807) is 18.3 Å². The molecule has 132 valence electrons. The van der Waals surface area contributed by atoms with E-state index in [2.05, 4.69) is 38.8 Å². The minimum atomic E-state index is -0.311. The van der Waals surface area contributed by atoms with Crippen molar-refractivity contribution in [3.63, 3.8) is 0 Å². The normalized spacial score (nSPS) is 18.4. The molecule has 25 heavy (non-hydrogen) atoms. The van der Waals surface area contributed by atoms with Gasteiger partial charge in [0.05, 0.1) is 10.9 Å². The molecule has 1 atom stereocenters. The molecule has 0 aliphatic carbocycles. The molecule has 4 nitrogen and oxygen atoms in total. The molecule has 0 N–H and O–H groups in total. The van der Waals surface area contributed by atoms with Crippen LogP contribution >= 0.6 is 15.9 Å². The van der Waals surface area contributed by atoms with Gasteiger partial charge in [0, 0.05) is 44.6 Å². The lowest BCUT2D eigenvalue weighted by molar-refractivity contribution is -0.135. The Morgan fingerprint density at radius 1 is 1.32 bits per heavy atom. The number of carbonyl (C=O) groups excluding carboxylic acids is 1. The summed E-state index contributed by atoms with van der Waals surface area (Å²) in [6.07, 6.45) is 3.96. The highest BCUT2D eigenvalue weighted by molar-refractivity contribution is 9.10. The van der Waals surface area contributed by atoms with Gasteiger partial charge in [0.15, 0.2) is 0 Å². The first-order chi connectivity index (χ1) is 12.0. The molecule has 1 aromatic heterocycles. The number of hydrogen-bond acceptors (Lipinski definition) is 3. The molecule has 6 heteroatoms. The van der Waals surface area contributed by atoms with Crippen LogP contribution < -0.4 is 0 Å². The number of benzene rings is 1. The fraction of sp³-hybridized carbons (Fsp3) is 0.368. The van der Waals surface area contributed by atoms with Gasteiger partial charge in [0.25, 0.3) is 0 Å². The fourth-order valence-electron chi connectivity index (χ4n) is 3.22. The van der Waals surface area contributed by atoms with Gasteiger partial charge in [0.1, 0.15) is 5.82 Å². The maximum Gasteiger partial charge on any atom is 0.227 e. The quantitative estimate of drug-likeness (QED) is 0.782. The van der Waals surface area contributed by atoms with Crippen molar-refractivity contribution in [2.45, 2.75) is 25.9 Å². The molecule has 2 heterocycles. The molecule has 0 unspecified atom stereocenters. The largest absolute Gasteiger partial charge is 0.337 e. The molecular formula is C19H21BrFN3O. The zero-order valence-corrected chi connectivity index (χ0v) is 15.7. The summed E-state index contributed by atoms with van der Waals surface area (Å²) in [7, 11) is 0. The van der Waals surface area contributed by atoms with Gasteiger partial charge in [-0.3, -0.25) is 14.7 Å². The van der Waals surface area contributed by atoms with Crippen molar-refractivity contribution in [2.24, 2.45) is 0 Å². The number of aromatic nitrogens is 1. The Kier molecular flexibility index (Phi) is 5.81. The topological polar surface area (TPSA) is 36.4 Å². The monoisotopic (exact) mass is 405 g/mol. The Morgan fingerprint density at radius 3 is 2.84 bits per heavy atom. The molecule has 0 radical (unpaired) electrons. The number of nitrogens with zero attached hydrogens (tertiary/aromatic N) is 3. The van der Waals surface area contributed by atoms with E-state index in [0.29, 0.717) is 17.4 Å². The smallest absolute Gasteiger partial charge is 0.227 e. The van der Waals surface area contributed by atoms with Crippen molar-refractivity contribution in [2.75, 3.05) is 19.6 Å². The average molecular weight is 406 g/mol. The lowest BCUT2D eigenvalue weighted by atomic mass is 10.1. The molecule has 1 aromatic carbocycles. The second-order valence-electron chi connectivity index (χ2n) is 6.46. The van der Waals surface area contributed by atoms with Crippen molar-refractivity contribution in [3.8, 4) is 0 Å². The van der Waals surface area contributed by atoms with E-state index in [0.717, 1.165) is 25.2 Å². The van der Waals surface area contributed by atoms with Crippen LogP contribution in [0.2, 0.25) is 0 Å². The number of rotatable bonds is 4. The van der Waals surface area contributed by atoms with E-state index in [9.17, 15) is 9.18 Å². The molecule has 2 aromatic rings. The zero-order valence-electron chi connectivity index (χ0n) is 14.2. The maximum atomic E-state index is 13.3. The molecule has 1 amide bonds. The highest BCUT2D eigenvalue weighted by Crippen LogP contribution is 2.19. The standard InChI is InChI=1S/C19H21BrFN3O/c1-14-12-23(13-16-3-2-6-22-11-16)7-8-24(14)19(25)10-15-4-5-18(21)17(20)9-15/h2-6,9,11,14H,7-8,10,12-13H2,1H3/t14-/m0/s1. The number of amides is 1. The Hall–Kier alpha value is -1.79. The lowest BCUT2D eigenvalue weighted by Crippen LogP contribution is -2.54. The second kappa shape index (κ2) is 8.06. The minimum Gasteiger partial charge on any atom is -0.337 e. The summed E-state index contributed by atoms with van der Waals surface area (Å²) in [5.41, 5.74) is 2.01. The summed E-state index contributed by atoms with van der Waals surface area (Å²) in [6.45, 7) is 5.33. The number of halogens is 2. The van der Waals surface area contributed by atoms with Crippen LogP contribution in [0.15, 0.2) is 47.2 Å². The maximum absolute atomic E-state index is 13.3. The average Bonchev–Trinajstić information content (AvgIpc) is 2.59. The summed E-state index contributed by atoms with van der Waals surface area (Å²) < 4.78 is 13.7. The van der Waals surface area contributed by atoms with Crippen LogP contribution in [-0.2, 0) is 17.8 Å². The highest BCUT2D eigenvalue weighted by Gasteiger charge is 2.27. The molecule has 0 spiro atoms. The van der Waals surface area contributed by atoms with Crippen LogP contribution in [0, 0.1) is 5.82 Å². The van der Waals surface area contributed by atoms with Gasteiger partial charge >= 0.3 is 0 Å². The summed E-state index contributed by atoms with van der Waals surface area (Å²) in [5.74, 6) is -0.222. The van der Waals surface area contributed by atoms with Crippen LogP contribution in [0.1, 0.15) is 18.1 Å². The van der Waals surface area contributed by atoms with Gasteiger partial charge in [-0.2, -0.15) is 0 Å².